The highest BCUT2D eigenvalue weighted by atomic mass is 32.2. The first kappa shape index (κ1) is 43.1. The van der Waals surface area contributed by atoms with Crippen LogP contribution in [0.25, 0.3) is 26.5 Å². The van der Waals surface area contributed by atoms with E-state index < -0.39 is 0 Å². The van der Waals surface area contributed by atoms with E-state index in [0.29, 0.717) is 0 Å². The van der Waals surface area contributed by atoms with Gasteiger partial charge in [-0.05, 0) is 143 Å². The summed E-state index contributed by atoms with van der Waals surface area (Å²) in [6.07, 6.45) is 13.0. The van der Waals surface area contributed by atoms with Gasteiger partial charge in [0, 0.05) is 44.7 Å². The molecule has 6 aromatic rings. The zero-order valence-corrected chi connectivity index (χ0v) is 38.9. The van der Waals surface area contributed by atoms with Crippen LogP contribution < -0.4 is 0 Å². The molecule has 0 aromatic heterocycles. The third-order valence-corrected chi connectivity index (χ3v) is 16.0. The van der Waals surface area contributed by atoms with Gasteiger partial charge >= 0.3 is 0 Å². The maximum absolute atomic E-state index is 4.64. The first-order valence-corrected chi connectivity index (χ1v) is 25.1. The quantitative estimate of drug-likeness (QED) is 0.0845. The Morgan fingerprint density at radius 1 is 0.466 bits per heavy atom. The molecule has 4 heteroatoms. The second kappa shape index (κ2) is 20.5. The maximum atomic E-state index is 4.64. The number of thioether (sulfide) groups is 1. The lowest BCUT2D eigenvalue weighted by atomic mass is 9.94. The Morgan fingerprint density at radius 3 is 1.45 bits per heavy atom. The predicted octanol–water partition coefficient (Wildman–Crippen LogP) is 18.3. The number of rotatable bonds is 18. The third-order valence-electron chi connectivity index (χ3n) is 11.7. The minimum atomic E-state index is 0.793. The van der Waals surface area contributed by atoms with Crippen LogP contribution in [0.4, 0.5) is 0 Å². The van der Waals surface area contributed by atoms with Crippen molar-refractivity contribution < 1.29 is 0 Å². The van der Waals surface area contributed by atoms with Gasteiger partial charge in [0.25, 0.3) is 0 Å². The standard InChI is InChI=1S/C54H62S4/c1-36(2)10-8-12-38(5)14-16-41-18-24-45(25-19-41)56-47-28-30-49-43(34-47)22-32-51-53(49)40(7)55-52-33-23-44-35-48(29-31-50(44)54(52)58-51)57-46-26-20-42(21-27-46)17-15-39(6)13-9-11-37(3)4/h18-39H,7-17H2,1-6H3. The predicted molar refractivity (Wildman–Crippen MR) is 260 cm³/mol. The Morgan fingerprint density at radius 2 is 0.931 bits per heavy atom. The third kappa shape index (κ3) is 11.6. The van der Waals surface area contributed by atoms with Gasteiger partial charge in [-0.15, -0.1) is 0 Å². The van der Waals surface area contributed by atoms with E-state index in [1.54, 1.807) is 0 Å². The molecule has 58 heavy (non-hydrogen) atoms. The van der Waals surface area contributed by atoms with Crippen molar-refractivity contribution in [3.8, 4) is 0 Å². The molecule has 1 aliphatic heterocycles. The topological polar surface area (TPSA) is 0 Å². The van der Waals surface area contributed by atoms with E-state index in [1.807, 2.05) is 47.0 Å². The molecule has 6 aromatic carbocycles. The number of benzene rings is 6. The molecule has 1 aliphatic rings. The van der Waals surface area contributed by atoms with Crippen molar-refractivity contribution in [1.29, 1.82) is 0 Å². The molecule has 1 heterocycles. The molecule has 0 nitrogen and oxygen atoms in total. The van der Waals surface area contributed by atoms with Gasteiger partial charge in [-0.2, -0.15) is 0 Å². The van der Waals surface area contributed by atoms with Crippen molar-refractivity contribution in [2.24, 2.45) is 23.7 Å². The largest absolute Gasteiger partial charge is 0.0901 e. The molecule has 2 atom stereocenters. The van der Waals surface area contributed by atoms with Crippen LogP contribution in [0.2, 0.25) is 0 Å². The summed E-state index contributed by atoms with van der Waals surface area (Å²) in [4.78, 5) is 10.2. The maximum Gasteiger partial charge on any atom is 0.0340 e. The van der Waals surface area contributed by atoms with Crippen molar-refractivity contribution in [1.82, 2.24) is 0 Å². The second-order valence-corrected chi connectivity index (χ2v) is 22.1. The Labute approximate surface area is 367 Å². The van der Waals surface area contributed by atoms with Crippen molar-refractivity contribution in [3.63, 3.8) is 0 Å². The van der Waals surface area contributed by atoms with Gasteiger partial charge in [-0.1, -0.05) is 182 Å². The Bertz CT molecular complexity index is 2300. The number of aryl methyl sites for hydroxylation is 2. The van der Waals surface area contributed by atoms with Crippen LogP contribution >= 0.6 is 47.0 Å². The number of hydrogen-bond donors (Lipinski definition) is 0. The second-order valence-electron chi connectivity index (χ2n) is 17.7. The van der Waals surface area contributed by atoms with Crippen LogP contribution in [0.3, 0.4) is 0 Å². The molecular formula is C54H62S4. The lowest BCUT2D eigenvalue weighted by Crippen LogP contribution is -1.99. The first-order valence-electron chi connectivity index (χ1n) is 21.8. The summed E-state index contributed by atoms with van der Waals surface area (Å²) in [7, 11) is 0. The van der Waals surface area contributed by atoms with Gasteiger partial charge in [-0.3, -0.25) is 0 Å². The zero-order chi connectivity index (χ0) is 40.6. The van der Waals surface area contributed by atoms with Crippen molar-refractivity contribution in [2.75, 3.05) is 0 Å². The van der Waals surface area contributed by atoms with E-state index >= 15 is 0 Å². The van der Waals surface area contributed by atoms with E-state index in [-0.39, 0.29) is 0 Å². The fourth-order valence-electron chi connectivity index (χ4n) is 8.11. The summed E-state index contributed by atoms with van der Waals surface area (Å²) >= 11 is 7.43. The molecule has 0 bridgehead atoms. The summed E-state index contributed by atoms with van der Waals surface area (Å²) in [5.74, 6) is 3.21. The van der Waals surface area contributed by atoms with E-state index in [0.717, 1.165) is 28.6 Å². The van der Waals surface area contributed by atoms with Gasteiger partial charge in [0.1, 0.15) is 0 Å². The van der Waals surface area contributed by atoms with Crippen LogP contribution in [0.1, 0.15) is 110 Å². The SMILES string of the molecule is C=C1Sc2ccc3cc(Sc4ccc(CCC(C)CCCC(C)C)cc4)ccc3c2Sc2ccc3cc(Sc4ccc(CCC(C)CCCC(C)C)cc4)ccc3c21. The lowest BCUT2D eigenvalue weighted by Gasteiger charge is -2.13. The fraction of sp³-hybridized carbons (Fsp3) is 0.370. The van der Waals surface area contributed by atoms with Gasteiger partial charge in [0.05, 0.1) is 0 Å². The van der Waals surface area contributed by atoms with Crippen molar-refractivity contribution in [3.05, 3.63) is 132 Å². The van der Waals surface area contributed by atoms with E-state index in [4.69, 9.17) is 0 Å². The molecule has 0 fully saturated rings. The lowest BCUT2D eigenvalue weighted by molar-refractivity contribution is 0.437. The average Bonchev–Trinajstić information content (AvgIpc) is 3.35. The summed E-state index contributed by atoms with van der Waals surface area (Å²) in [6.45, 7) is 18.8. The minimum Gasteiger partial charge on any atom is -0.0901 e. The minimum absolute atomic E-state index is 0.793. The highest BCUT2D eigenvalue weighted by molar-refractivity contribution is 8.09. The van der Waals surface area contributed by atoms with E-state index in [9.17, 15) is 0 Å². The first-order chi connectivity index (χ1) is 28.1. The molecular weight excluding hydrogens is 777 g/mol. The molecule has 0 radical (unpaired) electrons. The monoisotopic (exact) mass is 838 g/mol. The molecule has 0 aliphatic carbocycles. The Hall–Kier alpha value is -3.02. The fourth-order valence-corrected chi connectivity index (χ4v) is 12.2. The number of fused-ring (bicyclic) bond motifs is 6. The van der Waals surface area contributed by atoms with Gasteiger partial charge in [-0.25, -0.2) is 0 Å². The molecule has 0 N–H and O–H groups in total. The van der Waals surface area contributed by atoms with Crippen LogP contribution in [0.15, 0.2) is 150 Å². The zero-order valence-electron chi connectivity index (χ0n) is 35.6. The van der Waals surface area contributed by atoms with Crippen LogP contribution in [-0.4, -0.2) is 0 Å². The molecule has 0 spiro atoms. The van der Waals surface area contributed by atoms with E-state index in [2.05, 4.69) is 157 Å². The normalized spacial score (nSPS) is 13.9. The Balaban J connectivity index is 0.990. The summed E-state index contributed by atoms with van der Waals surface area (Å²) in [5, 5.41) is 5.15. The molecule has 0 amide bonds. The van der Waals surface area contributed by atoms with E-state index in [1.165, 1.54) is 137 Å². The Kier molecular flexibility index (Phi) is 15.2. The molecule has 302 valence electrons. The highest BCUT2D eigenvalue weighted by Gasteiger charge is 2.22. The molecule has 0 saturated heterocycles. The number of hydrogen-bond acceptors (Lipinski definition) is 4. The molecule has 2 unspecified atom stereocenters. The van der Waals surface area contributed by atoms with Gasteiger partial charge in [0.15, 0.2) is 0 Å². The summed E-state index contributed by atoms with van der Waals surface area (Å²) in [6, 6.07) is 41.7. The van der Waals surface area contributed by atoms with Crippen LogP contribution in [0.5, 0.6) is 0 Å². The molecule has 0 saturated carbocycles. The average molecular weight is 839 g/mol. The summed E-state index contributed by atoms with van der Waals surface area (Å²) in [5.41, 5.74) is 4.17. The van der Waals surface area contributed by atoms with Crippen LogP contribution in [-0.2, 0) is 12.8 Å². The van der Waals surface area contributed by atoms with Crippen molar-refractivity contribution >= 4 is 73.5 Å². The highest BCUT2D eigenvalue weighted by Crippen LogP contribution is 2.52. The summed E-state index contributed by atoms with van der Waals surface area (Å²) < 4.78 is 0. The smallest absolute Gasteiger partial charge is 0.0340 e. The van der Waals surface area contributed by atoms with Gasteiger partial charge < -0.3 is 0 Å². The van der Waals surface area contributed by atoms with Gasteiger partial charge in [0.2, 0.25) is 0 Å². The van der Waals surface area contributed by atoms with Crippen LogP contribution in [0, 0.1) is 23.7 Å². The van der Waals surface area contributed by atoms with Crippen molar-refractivity contribution in [2.45, 2.75) is 140 Å². The molecule has 7 rings (SSSR count).